The molecule has 0 spiro atoms. The number of hydrogen-bond acceptors (Lipinski definition) is 13. The van der Waals surface area contributed by atoms with Crippen LogP contribution in [0.5, 0.6) is 0 Å². The standard InChI is InChI=1S/C23H14Cl2N6O8S2.Na/c24-21-29-22(25)31-23(30-21)28-12-7-9(5-6-14(12)40(34,35)36)27-13-8-15(41(37,38)39)18(26)17-16(13)19(32)10-3-1-2-4-11(10)20(17)33;/h1-8,27H,26H2,(H,34,35,36)(H,37,38,39)(H,28,29,30,31);/q;+1/p-1. The summed E-state index contributed by atoms with van der Waals surface area (Å²) in [7, 11) is -10.1. The van der Waals surface area contributed by atoms with Crippen LogP contribution < -0.4 is 45.9 Å². The maximum atomic E-state index is 13.5. The topological polar surface area (TPSA) is 234 Å². The molecule has 1 aliphatic rings. The first kappa shape index (κ1) is 31.7. The van der Waals surface area contributed by atoms with E-state index >= 15 is 0 Å². The molecule has 0 amide bonds. The third-order valence-corrected chi connectivity index (χ3v) is 7.96. The van der Waals surface area contributed by atoms with E-state index in [4.69, 9.17) is 28.9 Å². The first-order chi connectivity index (χ1) is 19.1. The molecule has 5 N–H and O–H groups in total. The summed E-state index contributed by atoms with van der Waals surface area (Å²) in [6.07, 6.45) is 0. The van der Waals surface area contributed by atoms with Gasteiger partial charge in [-0.15, -0.1) is 0 Å². The molecule has 0 radical (unpaired) electrons. The minimum Gasteiger partial charge on any atom is -0.744 e. The fourth-order valence-corrected chi connectivity index (χ4v) is 5.81. The van der Waals surface area contributed by atoms with Crippen molar-refractivity contribution < 1.29 is 65.1 Å². The molecular weight excluding hydrogens is 646 g/mol. The van der Waals surface area contributed by atoms with E-state index in [1.807, 2.05) is 0 Å². The quantitative estimate of drug-likeness (QED) is 0.108. The predicted octanol–water partition coefficient (Wildman–Crippen LogP) is 0.178. The van der Waals surface area contributed by atoms with Crippen LogP contribution in [0.1, 0.15) is 31.8 Å². The summed E-state index contributed by atoms with van der Waals surface area (Å²) in [4.78, 5) is 36.3. The van der Waals surface area contributed by atoms with Crippen molar-refractivity contribution in [2.24, 2.45) is 0 Å². The largest absolute Gasteiger partial charge is 1.00 e. The molecular formula is C23H13Cl2N6NaO8S2. The Morgan fingerprint density at radius 1 is 0.786 bits per heavy atom. The summed E-state index contributed by atoms with van der Waals surface area (Å²) in [5.74, 6) is -1.77. The van der Waals surface area contributed by atoms with E-state index in [1.165, 1.54) is 24.3 Å². The molecule has 0 saturated heterocycles. The van der Waals surface area contributed by atoms with Crippen molar-refractivity contribution in [1.29, 1.82) is 0 Å². The number of hydrogen-bond donors (Lipinski definition) is 4. The van der Waals surface area contributed by atoms with Gasteiger partial charge in [0.15, 0.2) is 11.6 Å². The fourth-order valence-electron chi connectivity index (χ4n) is 4.19. The van der Waals surface area contributed by atoms with E-state index in [1.54, 1.807) is 0 Å². The van der Waals surface area contributed by atoms with Crippen molar-refractivity contribution in [1.82, 2.24) is 15.0 Å². The van der Waals surface area contributed by atoms with Crippen molar-refractivity contribution in [2.45, 2.75) is 9.79 Å². The molecule has 0 aliphatic heterocycles. The van der Waals surface area contributed by atoms with Gasteiger partial charge in [-0.3, -0.25) is 14.1 Å². The molecule has 0 bridgehead atoms. The number of rotatable bonds is 6. The molecule has 3 aromatic carbocycles. The van der Waals surface area contributed by atoms with Crippen LogP contribution in [0, 0.1) is 0 Å². The summed E-state index contributed by atoms with van der Waals surface area (Å²) in [5.41, 5.74) is 3.91. The normalized spacial score (nSPS) is 12.7. The first-order valence-electron chi connectivity index (χ1n) is 11.0. The van der Waals surface area contributed by atoms with E-state index in [0.29, 0.717) is 0 Å². The molecule has 14 nitrogen and oxygen atoms in total. The second-order valence-electron chi connectivity index (χ2n) is 8.38. The van der Waals surface area contributed by atoms with Crippen molar-refractivity contribution in [3.05, 3.63) is 81.4 Å². The molecule has 210 valence electrons. The van der Waals surface area contributed by atoms with Gasteiger partial charge in [-0.1, -0.05) is 24.3 Å². The van der Waals surface area contributed by atoms with Crippen LogP contribution in [0.25, 0.3) is 0 Å². The molecule has 0 unspecified atom stereocenters. The van der Waals surface area contributed by atoms with Gasteiger partial charge in [0.05, 0.1) is 33.1 Å². The molecule has 42 heavy (non-hydrogen) atoms. The van der Waals surface area contributed by atoms with Crippen LogP contribution in [-0.2, 0) is 20.2 Å². The van der Waals surface area contributed by atoms with E-state index in [-0.39, 0.29) is 79.8 Å². The monoisotopic (exact) mass is 658 g/mol. The summed E-state index contributed by atoms with van der Waals surface area (Å²) >= 11 is 11.5. The Morgan fingerprint density at radius 2 is 1.36 bits per heavy atom. The second kappa shape index (κ2) is 11.5. The maximum absolute atomic E-state index is 13.5. The van der Waals surface area contributed by atoms with Crippen molar-refractivity contribution >= 4 is 83.7 Å². The number of benzene rings is 3. The number of nitrogens with zero attached hydrogens (tertiary/aromatic N) is 3. The molecule has 19 heteroatoms. The van der Waals surface area contributed by atoms with Crippen LogP contribution >= 0.6 is 23.2 Å². The number of carbonyl (C=O) groups excluding carboxylic acids is 2. The molecule has 4 aromatic rings. The molecule has 1 aliphatic carbocycles. The number of nitrogens with two attached hydrogens (primary N) is 1. The zero-order valence-electron chi connectivity index (χ0n) is 20.9. The van der Waals surface area contributed by atoms with Crippen LogP contribution in [0.15, 0.2) is 58.3 Å². The van der Waals surface area contributed by atoms with E-state index in [9.17, 15) is 35.5 Å². The van der Waals surface area contributed by atoms with Gasteiger partial charge in [0.2, 0.25) is 16.5 Å². The molecule has 1 aromatic heterocycles. The Balaban J connectivity index is 0.00000405. The molecule has 0 fully saturated rings. The van der Waals surface area contributed by atoms with Gasteiger partial charge in [0.25, 0.3) is 10.1 Å². The Labute approximate surface area is 269 Å². The molecule has 0 saturated carbocycles. The third kappa shape index (κ3) is 5.98. The minimum atomic E-state index is -5.06. The molecule has 0 atom stereocenters. The van der Waals surface area contributed by atoms with Gasteiger partial charge in [-0.2, -0.15) is 23.4 Å². The average Bonchev–Trinajstić information content (AvgIpc) is 2.86. The number of nitrogens with one attached hydrogen (secondary N) is 2. The number of aromatic nitrogens is 3. The van der Waals surface area contributed by atoms with E-state index in [0.717, 1.165) is 24.3 Å². The smallest absolute Gasteiger partial charge is 0.744 e. The van der Waals surface area contributed by atoms with Gasteiger partial charge in [-0.25, -0.2) is 8.42 Å². The minimum absolute atomic E-state index is 0. The third-order valence-electron chi connectivity index (χ3n) is 5.83. The number of fused-ring (bicyclic) bond motifs is 2. The van der Waals surface area contributed by atoms with Crippen LogP contribution in [-0.4, -0.2) is 52.5 Å². The summed E-state index contributed by atoms with van der Waals surface area (Å²) in [5, 5.41) is 4.54. The van der Waals surface area contributed by atoms with Crippen molar-refractivity contribution in [3.8, 4) is 0 Å². The van der Waals surface area contributed by atoms with Gasteiger partial charge in [-0.05, 0) is 47.5 Å². The van der Waals surface area contributed by atoms with Crippen LogP contribution in [0.3, 0.4) is 0 Å². The van der Waals surface area contributed by atoms with E-state index < -0.39 is 52.8 Å². The summed E-state index contributed by atoms with van der Waals surface area (Å²) < 4.78 is 69.8. The SMILES string of the molecule is Nc1c(S(=O)(=O)O)cc(Nc2ccc(S(=O)(=O)[O-])c(Nc3nc(Cl)nc(Cl)n3)c2)c2c1C(=O)c1ccccc1C2=O.[Na+]. The average molecular weight is 659 g/mol. The zero-order chi connectivity index (χ0) is 29.9. The van der Waals surface area contributed by atoms with Gasteiger partial charge in [0, 0.05) is 16.8 Å². The number of halogens is 2. The second-order valence-corrected chi connectivity index (χ2v) is 11.8. The van der Waals surface area contributed by atoms with Crippen molar-refractivity contribution in [2.75, 3.05) is 16.4 Å². The number of anilines is 5. The van der Waals surface area contributed by atoms with Crippen LogP contribution in [0.2, 0.25) is 10.6 Å². The molecule has 5 rings (SSSR count). The Hall–Kier alpha value is -3.19. The zero-order valence-corrected chi connectivity index (χ0v) is 26.1. The van der Waals surface area contributed by atoms with E-state index in [2.05, 4.69) is 25.6 Å². The molecule has 1 heterocycles. The van der Waals surface area contributed by atoms with Crippen molar-refractivity contribution in [3.63, 3.8) is 0 Å². The Kier molecular flexibility index (Phi) is 8.67. The summed E-state index contributed by atoms with van der Waals surface area (Å²) in [6, 6.07) is 9.77. The predicted molar refractivity (Wildman–Crippen MR) is 145 cm³/mol. The number of nitrogen functional groups attached to an aromatic ring is 1. The first-order valence-corrected chi connectivity index (χ1v) is 14.6. The fraction of sp³-hybridized carbons (Fsp3) is 0. The maximum Gasteiger partial charge on any atom is 1.00 e. The van der Waals surface area contributed by atoms with Gasteiger partial charge < -0.3 is 20.9 Å². The Bertz CT molecular complexity index is 2020. The van der Waals surface area contributed by atoms with Gasteiger partial charge >= 0.3 is 29.6 Å². The van der Waals surface area contributed by atoms with Crippen LogP contribution in [0.4, 0.5) is 28.7 Å². The number of carbonyl (C=O) groups is 2. The Morgan fingerprint density at radius 3 is 1.90 bits per heavy atom. The number of ketones is 2. The summed E-state index contributed by atoms with van der Waals surface area (Å²) in [6.45, 7) is 0. The van der Waals surface area contributed by atoms with Gasteiger partial charge in [0.1, 0.15) is 15.0 Å².